The molecular weight excluding hydrogens is 296 g/mol. The van der Waals surface area contributed by atoms with Crippen LogP contribution in [0.1, 0.15) is 27.9 Å². The van der Waals surface area contributed by atoms with Gasteiger partial charge in [0.1, 0.15) is 16.6 Å². The van der Waals surface area contributed by atoms with E-state index in [9.17, 15) is 4.79 Å². The van der Waals surface area contributed by atoms with E-state index in [0.29, 0.717) is 29.3 Å². The summed E-state index contributed by atoms with van der Waals surface area (Å²) in [5.74, 6) is 0. The highest BCUT2D eigenvalue weighted by Crippen LogP contribution is 2.26. The Morgan fingerprint density at radius 3 is 3.05 bits per heavy atom. The predicted octanol–water partition coefficient (Wildman–Crippen LogP) is 3.22. The van der Waals surface area contributed by atoms with Crippen LogP contribution in [-0.2, 0) is 13.0 Å². The van der Waals surface area contributed by atoms with Gasteiger partial charge in [-0.05, 0) is 48.5 Å². The number of anilines is 1. The Hall–Kier alpha value is -2.39. The van der Waals surface area contributed by atoms with E-state index in [-0.39, 0.29) is 6.03 Å². The number of amides is 2. The van der Waals surface area contributed by atoms with Crippen molar-refractivity contribution in [2.45, 2.75) is 26.8 Å². The zero-order valence-electron chi connectivity index (χ0n) is 12.5. The number of nitrogens with zero attached hydrogens (tertiary/aromatic N) is 3. The first-order chi connectivity index (χ1) is 10.6. The highest BCUT2D eigenvalue weighted by Gasteiger charge is 2.23. The van der Waals surface area contributed by atoms with Gasteiger partial charge in [-0.25, -0.2) is 4.79 Å². The lowest BCUT2D eigenvalue weighted by Gasteiger charge is -2.29. The molecule has 2 aromatic rings. The van der Waals surface area contributed by atoms with Crippen molar-refractivity contribution < 1.29 is 4.79 Å². The van der Waals surface area contributed by atoms with Gasteiger partial charge in [-0.3, -0.25) is 5.32 Å². The third-order valence-electron chi connectivity index (χ3n) is 3.99. The zero-order valence-corrected chi connectivity index (χ0v) is 13.3. The summed E-state index contributed by atoms with van der Waals surface area (Å²) in [5.41, 5.74) is 4.86. The molecule has 1 aliphatic heterocycles. The van der Waals surface area contributed by atoms with Gasteiger partial charge >= 0.3 is 6.03 Å². The number of fused-ring (bicyclic) bond motifs is 1. The first-order valence-electron chi connectivity index (χ1n) is 7.10. The molecule has 0 saturated carbocycles. The highest BCUT2D eigenvalue weighted by molar-refractivity contribution is 7.10. The number of aryl methyl sites for hydroxylation is 2. The van der Waals surface area contributed by atoms with Gasteiger partial charge in [0.15, 0.2) is 0 Å². The summed E-state index contributed by atoms with van der Waals surface area (Å²) in [5, 5.41) is 12.5. The molecule has 0 bridgehead atoms. The van der Waals surface area contributed by atoms with Crippen molar-refractivity contribution in [3.05, 3.63) is 46.1 Å². The lowest BCUT2D eigenvalue weighted by molar-refractivity contribution is 0.206. The van der Waals surface area contributed by atoms with Gasteiger partial charge in [0.05, 0.1) is 5.69 Å². The summed E-state index contributed by atoms with van der Waals surface area (Å²) in [4.78, 5) is 14.2. The van der Waals surface area contributed by atoms with Crippen molar-refractivity contribution in [2.75, 3.05) is 11.9 Å². The molecule has 0 fully saturated rings. The van der Waals surface area contributed by atoms with E-state index in [2.05, 4.69) is 40.9 Å². The Labute approximate surface area is 133 Å². The van der Waals surface area contributed by atoms with Gasteiger partial charge in [-0.15, -0.1) is 0 Å². The number of carbonyl (C=O) groups is 1. The molecule has 0 aliphatic carbocycles. The van der Waals surface area contributed by atoms with Gasteiger partial charge in [-0.1, -0.05) is 18.2 Å². The number of hydrogen-bond acceptors (Lipinski definition) is 4. The third-order valence-corrected chi connectivity index (χ3v) is 4.84. The van der Waals surface area contributed by atoms with Gasteiger partial charge < -0.3 is 4.90 Å². The fourth-order valence-electron chi connectivity index (χ4n) is 2.69. The Kier molecular flexibility index (Phi) is 3.82. The maximum Gasteiger partial charge on any atom is 0.322 e. The first-order valence-corrected chi connectivity index (χ1v) is 7.87. The minimum Gasteiger partial charge on any atom is -0.320 e. The molecule has 0 radical (unpaired) electrons. The van der Waals surface area contributed by atoms with Crippen LogP contribution in [0.25, 0.3) is 0 Å². The standard InChI is InChI=1S/C16H16N4OS/c1-10-4-3-5-12-6-7-20(9-14(10)12)16(21)18-15-13(8-17)11(2)19-22-15/h3-5H,6-7,9H2,1-2H3,(H,18,21). The van der Waals surface area contributed by atoms with Crippen LogP contribution in [0.2, 0.25) is 0 Å². The quantitative estimate of drug-likeness (QED) is 0.879. The van der Waals surface area contributed by atoms with Gasteiger partial charge in [-0.2, -0.15) is 9.64 Å². The topological polar surface area (TPSA) is 69.0 Å². The number of carbonyl (C=O) groups excluding carboxylic acids is 1. The number of nitriles is 1. The van der Waals surface area contributed by atoms with Crippen LogP contribution in [0, 0.1) is 25.2 Å². The Bertz CT molecular complexity index is 775. The van der Waals surface area contributed by atoms with Gasteiger partial charge in [0.2, 0.25) is 0 Å². The lowest BCUT2D eigenvalue weighted by atomic mass is 9.96. The molecule has 2 amide bonds. The normalized spacial score (nSPS) is 13.4. The SMILES string of the molecule is Cc1cccc2c1CN(C(=O)Nc1snc(C)c1C#N)CC2. The molecule has 0 saturated heterocycles. The van der Waals surface area contributed by atoms with E-state index in [1.165, 1.54) is 16.7 Å². The van der Waals surface area contributed by atoms with Crippen molar-refractivity contribution in [3.8, 4) is 6.07 Å². The molecule has 1 aliphatic rings. The summed E-state index contributed by atoms with van der Waals surface area (Å²) in [7, 11) is 0. The van der Waals surface area contributed by atoms with Crippen LogP contribution in [0.4, 0.5) is 9.80 Å². The maximum atomic E-state index is 12.5. The molecule has 0 unspecified atom stereocenters. The van der Waals surface area contributed by atoms with Crippen molar-refractivity contribution in [1.82, 2.24) is 9.27 Å². The van der Waals surface area contributed by atoms with Crippen molar-refractivity contribution in [3.63, 3.8) is 0 Å². The molecule has 1 aromatic carbocycles. The molecule has 5 nitrogen and oxygen atoms in total. The number of hydrogen-bond donors (Lipinski definition) is 1. The number of rotatable bonds is 1. The Balaban J connectivity index is 1.77. The molecule has 0 atom stereocenters. The van der Waals surface area contributed by atoms with Crippen LogP contribution in [0.15, 0.2) is 18.2 Å². The smallest absolute Gasteiger partial charge is 0.320 e. The largest absolute Gasteiger partial charge is 0.322 e. The second kappa shape index (κ2) is 5.78. The summed E-state index contributed by atoms with van der Waals surface area (Å²) in [6.45, 7) is 5.13. The summed E-state index contributed by atoms with van der Waals surface area (Å²) >= 11 is 1.15. The molecule has 6 heteroatoms. The number of nitrogens with one attached hydrogen (secondary N) is 1. The van der Waals surface area contributed by atoms with Crippen LogP contribution >= 0.6 is 11.5 Å². The van der Waals surface area contributed by atoms with E-state index in [1.54, 1.807) is 11.8 Å². The van der Waals surface area contributed by atoms with E-state index in [0.717, 1.165) is 18.0 Å². The summed E-state index contributed by atoms with van der Waals surface area (Å²) in [6, 6.07) is 8.17. The van der Waals surface area contributed by atoms with E-state index >= 15 is 0 Å². The lowest BCUT2D eigenvalue weighted by Crippen LogP contribution is -2.39. The minimum absolute atomic E-state index is 0.172. The third kappa shape index (κ3) is 2.55. The van der Waals surface area contributed by atoms with Crippen LogP contribution in [0.5, 0.6) is 0 Å². The zero-order chi connectivity index (χ0) is 15.7. The molecule has 2 heterocycles. The average molecular weight is 312 g/mol. The molecular formula is C16H16N4OS. The molecule has 1 N–H and O–H groups in total. The van der Waals surface area contributed by atoms with Crippen LogP contribution < -0.4 is 5.32 Å². The van der Waals surface area contributed by atoms with E-state index in [4.69, 9.17) is 5.26 Å². The first kappa shape index (κ1) is 14.5. The number of urea groups is 1. The van der Waals surface area contributed by atoms with Crippen molar-refractivity contribution in [1.29, 1.82) is 5.26 Å². The molecule has 0 spiro atoms. The number of aromatic nitrogens is 1. The Morgan fingerprint density at radius 2 is 2.27 bits per heavy atom. The molecule has 1 aromatic heterocycles. The average Bonchev–Trinajstić information content (AvgIpc) is 2.87. The van der Waals surface area contributed by atoms with E-state index in [1.807, 2.05) is 0 Å². The molecule has 3 rings (SSSR count). The highest BCUT2D eigenvalue weighted by atomic mass is 32.1. The van der Waals surface area contributed by atoms with E-state index < -0.39 is 0 Å². The number of benzene rings is 1. The van der Waals surface area contributed by atoms with Crippen LogP contribution in [0.3, 0.4) is 0 Å². The minimum atomic E-state index is -0.172. The Morgan fingerprint density at radius 1 is 1.45 bits per heavy atom. The fraction of sp³-hybridized carbons (Fsp3) is 0.312. The van der Waals surface area contributed by atoms with Crippen molar-refractivity contribution in [2.24, 2.45) is 0 Å². The molecule has 22 heavy (non-hydrogen) atoms. The summed E-state index contributed by atoms with van der Waals surface area (Å²) in [6.07, 6.45) is 0.858. The van der Waals surface area contributed by atoms with Gasteiger partial charge in [0, 0.05) is 13.1 Å². The molecule has 112 valence electrons. The van der Waals surface area contributed by atoms with Crippen LogP contribution in [-0.4, -0.2) is 21.8 Å². The van der Waals surface area contributed by atoms with Crippen molar-refractivity contribution >= 4 is 22.6 Å². The second-order valence-electron chi connectivity index (χ2n) is 5.40. The van der Waals surface area contributed by atoms with Gasteiger partial charge in [0.25, 0.3) is 0 Å². The predicted molar refractivity (Wildman–Crippen MR) is 85.9 cm³/mol. The fourth-order valence-corrected chi connectivity index (χ4v) is 3.42. The monoisotopic (exact) mass is 312 g/mol. The second-order valence-corrected chi connectivity index (χ2v) is 6.17. The summed E-state index contributed by atoms with van der Waals surface area (Å²) < 4.78 is 4.12. The maximum absolute atomic E-state index is 12.5.